The van der Waals surface area contributed by atoms with Gasteiger partial charge in [0.25, 0.3) is 11.1 Å². The predicted molar refractivity (Wildman–Crippen MR) is 109 cm³/mol. The average Bonchev–Trinajstić information content (AvgIpc) is 2.97. The summed E-state index contributed by atoms with van der Waals surface area (Å²) in [6.07, 6.45) is 2.76. The van der Waals surface area contributed by atoms with Crippen LogP contribution in [0.5, 0.6) is 5.75 Å². The third-order valence-corrected chi connectivity index (χ3v) is 5.34. The third-order valence-electron chi connectivity index (χ3n) is 4.43. The molecular formula is C22H20N2O3S. The standard InChI is InChI=1S/C22H20N2O3S/c1-3-15(2)27-19-10-8-16(9-11-19)12-20-21(25)24(22(26)28-20)14-18-7-5-4-6-17(18)13-23/h4-12,15H,3,14H2,1-2H3/b20-12-/t15-/m0/s1. The maximum Gasteiger partial charge on any atom is 0.293 e. The van der Waals surface area contributed by atoms with Gasteiger partial charge in [-0.3, -0.25) is 14.5 Å². The first-order valence-corrected chi connectivity index (χ1v) is 9.83. The van der Waals surface area contributed by atoms with Crippen molar-refractivity contribution in [2.45, 2.75) is 32.9 Å². The van der Waals surface area contributed by atoms with E-state index >= 15 is 0 Å². The van der Waals surface area contributed by atoms with E-state index in [1.165, 1.54) is 4.90 Å². The molecule has 0 bridgehead atoms. The lowest BCUT2D eigenvalue weighted by Crippen LogP contribution is -2.27. The van der Waals surface area contributed by atoms with Crippen LogP contribution in [0, 0.1) is 11.3 Å². The Balaban J connectivity index is 1.75. The SMILES string of the molecule is CC[C@H](C)Oc1ccc(/C=C2\SC(=O)N(Cc3ccccc3C#N)C2=O)cc1. The molecule has 1 heterocycles. The number of thioether (sulfide) groups is 1. The number of nitriles is 1. The normalized spacial score (nSPS) is 16.3. The van der Waals surface area contributed by atoms with Crippen LogP contribution in [0.25, 0.3) is 6.08 Å². The van der Waals surface area contributed by atoms with Crippen LogP contribution in [-0.2, 0) is 11.3 Å². The fraction of sp³-hybridized carbons (Fsp3) is 0.227. The third kappa shape index (κ3) is 4.44. The molecule has 1 aliphatic heterocycles. The number of amides is 2. The van der Waals surface area contributed by atoms with Gasteiger partial charge in [-0.2, -0.15) is 5.26 Å². The van der Waals surface area contributed by atoms with Gasteiger partial charge in [0.2, 0.25) is 0 Å². The summed E-state index contributed by atoms with van der Waals surface area (Å²) in [4.78, 5) is 26.6. The highest BCUT2D eigenvalue weighted by Crippen LogP contribution is 2.33. The van der Waals surface area contributed by atoms with Gasteiger partial charge in [0.15, 0.2) is 0 Å². The smallest absolute Gasteiger partial charge is 0.293 e. The summed E-state index contributed by atoms with van der Waals surface area (Å²) in [5, 5.41) is 8.87. The first kappa shape index (κ1) is 19.7. The Bertz CT molecular complexity index is 960. The molecule has 0 spiro atoms. The van der Waals surface area contributed by atoms with Crippen LogP contribution in [-0.4, -0.2) is 22.2 Å². The van der Waals surface area contributed by atoms with Crippen LogP contribution in [0.15, 0.2) is 53.4 Å². The Morgan fingerprint density at radius 3 is 2.57 bits per heavy atom. The van der Waals surface area contributed by atoms with Crippen LogP contribution in [0.1, 0.15) is 37.0 Å². The van der Waals surface area contributed by atoms with Crippen LogP contribution in [0.2, 0.25) is 0 Å². The van der Waals surface area contributed by atoms with Crippen LogP contribution in [0.3, 0.4) is 0 Å². The molecule has 0 saturated carbocycles. The monoisotopic (exact) mass is 392 g/mol. The summed E-state index contributed by atoms with van der Waals surface area (Å²) in [7, 11) is 0. The Kier molecular flexibility index (Phi) is 6.17. The molecule has 1 atom stereocenters. The van der Waals surface area contributed by atoms with E-state index in [-0.39, 0.29) is 23.8 Å². The number of imide groups is 1. The highest BCUT2D eigenvalue weighted by molar-refractivity contribution is 8.18. The van der Waals surface area contributed by atoms with Gasteiger partial charge in [-0.25, -0.2) is 0 Å². The Morgan fingerprint density at radius 1 is 1.18 bits per heavy atom. The van der Waals surface area contributed by atoms with Crippen molar-refractivity contribution in [3.05, 3.63) is 70.1 Å². The van der Waals surface area contributed by atoms with Crippen molar-refractivity contribution in [2.24, 2.45) is 0 Å². The molecule has 0 N–H and O–H groups in total. The molecule has 28 heavy (non-hydrogen) atoms. The summed E-state index contributed by atoms with van der Waals surface area (Å²) in [5.74, 6) is 0.426. The number of carbonyl (C=O) groups is 2. The highest BCUT2D eigenvalue weighted by Gasteiger charge is 2.35. The molecule has 1 fully saturated rings. The van der Waals surface area contributed by atoms with E-state index < -0.39 is 0 Å². The molecule has 2 aromatic carbocycles. The van der Waals surface area contributed by atoms with Gasteiger partial charge in [-0.05, 0) is 60.5 Å². The van der Waals surface area contributed by atoms with E-state index in [1.54, 1.807) is 30.3 Å². The minimum Gasteiger partial charge on any atom is -0.491 e. The summed E-state index contributed by atoms with van der Waals surface area (Å²) in [6.45, 7) is 4.16. The van der Waals surface area contributed by atoms with E-state index in [1.807, 2.05) is 31.2 Å². The topological polar surface area (TPSA) is 70.4 Å². The molecular weight excluding hydrogens is 372 g/mol. The quantitative estimate of drug-likeness (QED) is 0.649. The van der Waals surface area contributed by atoms with Crippen molar-refractivity contribution in [3.8, 4) is 11.8 Å². The molecule has 2 aromatic rings. The minimum atomic E-state index is -0.345. The second kappa shape index (κ2) is 8.77. The zero-order valence-electron chi connectivity index (χ0n) is 15.7. The number of rotatable bonds is 6. The minimum absolute atomic E-state index is 0.0907. The van der Waals surface area contributed by atoms with Gasteiger partial charge in [-0.15, -0.1) is 0 Å². The number of hydrogen-bond acceptors (Lipinski definition) is 5. The molecule has 1 aliphatic rings. The Morgan fingerprint density at radius 2 is 1.89 bits per heavy atom. The second-order valence-electron chi connectivity index (χ2n) is 6.44. The fourth-order valence-electron chi connectivity index (χ4n) is 2.68. The number of benzene rings is 2. The van der Waals surface area contributed by atoms with Gasteiger partial charge in [0.1, 0.15) is 5.75 Å². The van der Waals surface area contributed by atoms with E-state index in [0.717, 1.165) is 29.5 Å². The summed E-state index contributed by atoms with van der Waals surface area (Å²) in [6, 6.07) is 16.5. The van der Waals surface area contributed by atoms with Gasteiger partial charge in [0.05, 0.1) is 29.2 Å². The van der Waals surface area contributed by atoms with Crippen molar-refractivity contribution in [1.82, 2.24) is 4.90 Å². The van der Waals surface area contributed by atoms with E-state index in [9.17, 15) is 14.9 Å². The number of ether oxygens (including phenoxy) is 1. The van der Waals surface area contributed by atoms with Gasteiger partial charge in [-0.1, -0.05) is 37.3 Å². The van der Waals surface area contributed by atoms with Crippen molar-refractivity contribution >= 4 is 29.0 Å². The largest absolute Gasteiger partial charge is 0.491 e. The maximum absolute atomic E-state index is 12.7. The molecule has 0 unspecified atom stereocenters. The van der Waals surface area contributed by atoms with Crippen molar-refractivity contribution in [2.75, 3.05) is 0 Å². The summed E-state index contributed by atoms with van der Waals surface area (Å²) >= 11 is 0.912. The lowest BCUT2D eigenvalue weighted by atomic mass is 10.1. The van der Waals surface area contributed by atoms with E-state index in [4.69, 9.17) is 4.74 Å². The molecule has 1 saturated heterocycles. The average molecular weight is 392 g/mol. The van der Waals surface area contributed by atoms with Gasteiger partial charge < -0.3 is 4.74 Å². The second-order valence-corrected chi connectivity index (χ2v) is 7.44. The molecule has 2 amide bonds. The van der Waals surface area contributed by atoms with Crippen molar-refractivity contribution < 1.29 is 14.3 Å². The molecule has 0 radical (unpaired) electrons. The first-order valence-electron chi connectivity index (χ1n) is 9.02. The first-order chi connectivity index (χ1) is 13.5. The molecule has 5 nitrogen and oxygen atoms in total. The van der Waals surface area contributed by atoms with E-state index in [2.05, 4.69) is 13.0 Å². The zero-order valence-corrected chi connectivity index (χ0v) is 16.5. The molecule has 142 valence electrons. The van der Waals surface area contributed by atoms with Gasteiger partial charge >= 0.3 is 0 Å². The number of carbonyl (C=O) groups excluding carboxylic acids is 2. The zero-order chi connectivity index (χ0) is 20.1. The van der Waals surface area contributed by atoms with Crippen LogP contribution in [0.4, 0.5) is 4.79 Å². The lowest BCUT2D eigenvalue weighted by Gasteiger charge is -2.13. The van der Waals surface area contributed by atoms with Crippen molar-refractivity contribution in [3.63, 3.8) is 0 Å². The number of hydrogen-bond donors (Lipinski definition) is 0. The molecule has 6 heteroatoms. The van der Waals surface area contributed by atoms with Crippen LogP contribution < -0.4 is 4.74 Å². The predicted octanol–water partition coefficient (Wildman–Crippen LogP) is 4.97. The van der Waals surface area contributed by atoms with E-state index in [0.29, 0.717) is 16.0 Å². The Hall–Kier alpha value is -3.04. The summed E-state index contributed by atoms with van der Waals surface area (Å²) < 4.78 is 5.75. The van der Waals surface area contributed by atoms with Crippen LogP contribution >= 0.6 is 11.8 Å². The van der Waals surface area contributed by atoms with Crippen molar-refractivity contribution in [1.29, 1.82) is 5.26 Å². The molecule has 3 rings (SSSR count). The highest BCUT2D eigenvalue weighted by atomic mass is 32.2. The number of nitrogens with zero attached hydrogens (tertiary/aromatic N) is 2. The fourth-order valence-corrected chi connectivity index (χ4v) is 3.52. The summed E-state index contributed by atoms with van der Waals surface area (Å²) in [5.41, 5.74) is 1.93. The maximum atomic E-state index is 12.7. The lowest BCUT2D eigenvalue weighted by molar-refractivity contribution is -0.123. The molecule has 0 aliphatic carbocycles. The van der Waals surface area contributed by atoms with Gasteiger partial charge in [0, 0.05) is 0 Å². The Labute approximate surface area is 168 Å². The molecule has 0 aromatic heterocycles.